The SMILES string of the molecule is CCCCN(C)C(=O)c1nc(C(=O)NC2CCS(=O)(=O)C2)n2ccccc12. The van der Waals surface area contributed by atoms with Crippen LogP contribution in [-0.4, -0.2) is 65.7 Å². The summed E-state index contributed by atoms with van der Waals surface area (Å²) < 4.78 is 24.8. The normalized spacial score (nSPS) is 18.5. The molecule has 3 heterocycles. The highest BCUT2D eigenvalue weighted by atomic mass is 32.2. The molecular weight excluding hydrogens is 368 g/mol. The van der Waals surface area contributed by atoms with Gasteiger partial charge in [-0.1, -0.05) is 19.4 Å². The second-order valence-electron chi connectivity index (χ2n) is 6.89. The minimum absolute atomic E-state index is 0.0619. The Balaban J connectivity index is 1.88. The van der Waals surface area contributed by atoms with Crippen LogP contribution < -0.4 is 5.32 Å². The fourth-order valence-corrected chi connectivity index (χ4v) is 4.87. The zero-order valence-electron chi connectivity index (χ0n) is 15.5. The molecule has 0 aromatic carbocycles. The van der Waals surface area contributed by atoms with Crippen LogP contribution in [0.25, 0.3) is 5.52 Å². The number of aromatic nitrogens is 2. The van der Waals surface area contributed by atoms with Crippen LogP contribution in [0.1, 0.15) is 47.3 Å². The predicted octanol–water partition coefficient (Wildman–Crippen LogP) is 1.12. The van der Waals surface area contributed by atoms with Gasteiger partial charge in [0.2, 0.25) is 5.82 Å². The second kappa shape index (κ2) is 7.67. The summed E-state index contributed by atoms with van der Waals surface area (Å²) >= 11 is 0. The van der Waals surface area contributed by atoms with E-state index in [2.05, 4.69) is 17.2 Å². The topological polar surface area (TPSA) is 101 Å². The number of carbonyl (C=O) groups is 2. The van der Waals surface area contributed by atoms with Crippen LogP contribution in [0.5, 0.6) is 0 Å². The average Bonchev–Trinajstić information content (AvgIpc) is 3.19. The van der Waals surface area contributed by atoms with Crippen molar-refractivity contribution in [2.45, 2.75) is 32.2 Å². The van der Waals surface area contributed by atoms with Crippen molar-refractivity contribution < 1.29 is 18.0 Å². The van der Waals surface area contributed by atoms with E-state index in [0.29, 0.717) is 18.5 Å². The van der Waals surface area contributed by atoms with Gasteiger partial charge in [0.05, 0.1) is 17.0 Å². The molecule has 0 saturated carbocycles. The van der Waals surface area contributed by atoms with Crippen molar-refractivity contribution in [3.63, 3.8) is 0 Å². The van der Waals surface area contributed by atoms with Crippen molar-refractivity contribution in [2.75, 3.05) is 25.1 Å². The minimum Gasteiger partial charge on any atom is -0.346 e. The maximum absolute atomic E-state index is 12.8. The Labute approximate surface area is 158 Å². The summed E-state index contributed by atoms with van der Waals surface area (Å²) in [5, 5.41) is 2.73. The van der Waals surface area contributed by atoms with E-state index in [0.717, 1.165) is 12.8 Å². The molecule has 0 bridgehead atoms. The number of unbranched alkanes of at least 4 members (excludes halogenated alkanes) is 1. The molecule has 1 unspecified atom stereocenters. The van der Waals surface area contributed by atoms with E-state index in [-0.39, 0.29) is 28.9 Å². The zero-order chi connectivity index (χ0) is 19.6. The van der Waals surface area contributed by atoms with Crippen molar-refractivity contribution in [3.8, 4) is 0 Å². The largest absolute Gasteiger partial charge is 0.346 e. The number of pyridine rings is 1. The number of carbonyl (C=O) groups excluding carboxylic acids is 2. The Hall–Kier alpha value is -2.42. The first kappa shape index (κ1) is 19.3. The van der Waals surface area contributed by atoms with E-state index in [1.165, 1.54) is 0 Å². The first-order chi connectivity index (χ1) is 12.8. The van der Waals surface area contributed by atoms with Crippen molar-refractivity contribution in [1.29, 1.82) is 0 Å². The summed E-state index contributed by atoms with van der Waals surface area (Å²) in [7, 11) is -1.38. The molecule has 146 valence electrons. The van der Waals surface area contributed by atoms with Crippen molar-refractivity contribution in [1.82, 2.24) is 19.6 Å². The Morgan fingerprint density at radius 3 is 2.81 bits per heavy atom. The third-order valence-corrected chi connectivity index (χ3v) is 6.48. The van der Waals surface area contributed by atoms with Gasteiger partial charge in [-0.3, -0.25) is 14.0 Å². The molecule has 1 N–H and O–H groups in total. The van der Waals surface area contributed by atoms with Gasteiger partial charge < -0.3 is 10.2 Å². The molecule has 0 aliphatic carbocycles. The van der Waals surface area contributed by atoms with Crippen LogP contribution in [0.2, 0.25) is 0 Å². The summed E-state index contributed by atoms with van der Waals surface area (Å²) in [6, 6.07) is 4.85. The highest BCUT2D eigenvalue weighted by molar-refractivity contribution is 7.91. The van der Waals surface area contributed by atoms with E-state index in [4.69, 9.17) is 0 Å². The third kappa shape index (κ3) is 4.13. The Bertz CT molecular complexity index is 967. The Morgan fingerprint density at radius 2 is 2.15 bits per heavy atom. The smallest absolute Gasteiger partial charge is 0.287 e. The van der Waals surface area contributed by atoms with E-state index in [9.17, 15) is 18.0 Å². The number of imidazole rings is 1. The van der Waals surface area contributed by atoms with E-state index in [1.807, 2.05) is 0 Å². The number of nitrogens with zero attached hydrogens (tertiary/aromatic N) is 3. The third-order valence-electron chi connectivity index (χ3n) is 4.72. The van der Waals surface area contributed by atoms with Crippen LogP contribution >= 0.6 is 0 Å². The molecule has 0 radical (unpaired) electrons. The molecule has 9 heteroatoms. The molecule has 2 aromatic rings. The lowest BCUT2D eigenvalue weighted by atomic mass is 10.2. The van der Waals surface area contributed by atoms with Crippen LogP contribution in [0.15, 0.2) is 24.4 Å². The number of nitrogens with one attached hydrogen (secondary N) is 1. The molecule has 1 saturated heterocycles. The molecule has 2 amide bonds. The number of fused-ring (bicyclic) bond motifs is 1. The molecule has 1 aliphatic rings. The predicted molar refractivity (Wildman–Crippen MR) is 102 cm³/mol. The van der Waals surface area contributed by atoms with Gasteiger partial charge in [-0.25, -0.2) is 13.4 Å². The highest BCUT2D eigenvalue weighted by Gasteiger charge is 2.31. The Kier molecular flexibility index (Phi) is 5.50. The molecular formula is C18H24N4O4S. The van der Waals surface area contributed by atoms with Crippen LogP contribution in [0.4, 0.5) is 0 Å². The summed E-state index contributed by atoms with van der Waals surface area (Å²) in [6.45, 7) is 2.67. The summed E-state index contributed by atoms with van der Waals surface area (Å²) in [4.78, 5) is 31.4. The van der Waals surface area contributed by atoms with Crippen molar-refractivity contribution in [3.05, 3.63) is 35.9 Å². The molecule has 27 heavy (non-hydrogen) atoms. The monoisotopic (exact) mass is 392 g/mol. The number of sulfone groups is 1. The van der Waals surface area contributed by atoms with Gasteiger partial charge in [-0.2, -0.15) is 0 Å². The van der Waals surface area contributed by atoms with E-state index in [1.54, 1.807) is 40.7 Å². The average molecular weight is 392 g/mol. The quantitative estimate of drug-likeness (QED) is 0.794. The fraction of sp³-hybridized carbons (Fsp3) is 0.500. The minimum atomic E-state index is -3.10. The van der Waals surface area contributed by atoms with Crippen LogP contribution in [0.3, 0.4) is 0 Å². The molecule has 1 atom stereocenters. The number of hydrogen-bond acceptors (Lipinski definition) is 5. The lowest BCUT2D eigenvalue weighted by molar-refractivity contribution is 0.0790. The van der Waals surface area contributed by atoms with Crippen molar-refractivity contribution >= 4 is 27.2 Å². The summed E-state index contributed by atoms with van der Waals surface area (Å²) in [5.74, 6) is -0.620. The molecule has 1 fully saturated rings. The second-order valence-corrected chi connectivity index (χ2v) is 9.12. The maximum Gasteiger partial charge on any atom is 0.287 e. The van der Waals surface area contributed by atoms with Crippen LogP contribution in [-0.2, 0) is 9.84 Å². The van der Waals surface area contributed by atoms with E-state index >= 15 is 0 Å². The molecule has 1 aliphatic heterocycles. The lowest BCUT2D eigenvalue weighted by Gasteiger charge is -2.15. The molecule has 8 nitrogen and oxygen atoms in total. The van der Waals surface area contributed by atoms with E-state index < -0.39 is 21.8 Å². The Morgan fingerprint density at radius 1 is 1.37 bits per heavy atom. The summed E-state index contributed by atoms with van der Waals surface area (Å²) in [6.07, 6.45) is 3.92. The van der Waals surface area contributed by atoms with Gasteiger partial charge in [0.15, 0.2) is 15.5 Å². The lowest BCUT2D eigenvalue weighted by Crippen LogP contribution is -2.36. The summed E-state index contributed by atoms with van der Waals surface area (Å²) in [5.41, 5.74) is 0.772. The zero-order valence-corrected chi connectivity index (χ0v) is 16.3. The molecule has 0 spiro atoms. The first-order valence-corrected chi connectivity index (χ1v) is 10.9. The molecule has 3 rings (SSSR count). The maximum atomic E-state index is 12.8. The van der Waals surface area contributed by atoms with Gasteiger partial charge in [-0.15, -0.1) is 0 Å². The standard InChI is InChI=1S/C18H24N4O4S/c1-3-4-9-21(2)18(24)15-14-7-5-6-10-22(14)16(20-15)17(23)19-13-8-11-27(25,26)12-13/h5-7,10,13H,3-4,8-9,11-12H2,1-2H3,(H,19,23). The molecule has 2 aromatic heterocycles. The first-order valence-electron chi connectivity index (χ1n) is 9.06. The number of rotatable bonds is 6. The van der Waals surface area contributed by atoms with Gasteiger partial charge in [0.25, 0.3) is 11.8 Å². The van der Waals surface area contributed by atoms with Crippen molar-refractivity contribution in [2.24, 2.45) is 0 Å². The van der Waals surface area contributed by atoms with Gasteiger partial charge in [0, 0.05) is 25.8 Å². The van der Waals surface area contributed by atoms with Gasteiger partial charge in [-0.05, 0) is 25.0 Å². The number of hydrogen-bond donors (Lipinski definition) is 1. The van der Waals surface area contributed by atoms with Gasteiger partial charge >= 0.3 is 0 Å². The highest BCUT2D eigenvalue weighted by Crippen LogP contribution is 2.17. The van der Waals surface area contributed by atoms with Crippen LogP contribution in [0, 0.1) is 0 Å². The number of amides is 2. The fourth-order valence-electron chi connectivity index (χ4n) is 3.19. The van der Waals surface area contributed by atoms with Gasteiger partial charge in [0.1, 0.15) is 0 Å².